The van der Waals surface area contributed by atoms with Crippen LogP contribution in [0.25, 0.3) is 11.1 Å². The second kappa shape index (κ2) is 9.10. The maximum absolute atomic E-state index is 12.7. The molecule has 0 unspecified atom stereocenters. The number of fused-ring (bicyclic) bond motifs is 1. The summed E-state index contributed by atoms with van der Waals surface area (Å²) in [7, 11) is -3.77. The quantitative estimate of drug-likeness (QED) is 0.383. The van der Waals surface area contributed by atoms with E-state index in [0.717, 1.165) is 10.6 Å². The fraction of sp³-hybridized carbons (Fsp3) is 0.263. The molecule has 170 valence electrons. The summed E-state index contributed by atoms with van der Waals surface area (Å²) in [5.41, 5.74) is -0.0516. The van der Waals surface area contributed by atoms with Crippen molar-refractivity contribution in [1.82, 2.24) is 8.87 Å². The summed E-state index contributed by atoms with van der Waals surface area (Å²) >= 11 is 6.12. The van der Waals surface area contributed by atoms with Crippen LogP contribution in [0.3, 0.4) is 0 Å². The molecule has 1 heterocycles. The van der Waals surface area contributed by atoms with Gasteiger partial charge >= 0.3 is 5.76 Å². The minimum absolute atomic E-state index is 0.0395. The number of hydrogen-bond donors (Lipinski definition) is 1. The zero-order valence-electron chi connectivity index (χ0n) is 17.1. The second-order valence-electron chi connectivity index (χ2n) is 6.64. The molecule has 0 radical (unpaired) electrons. The van der Waals surface area contributed by atoms with Crippen LogP contribution in [0.2, 0.25) is 5.02 Å². The van der Waals surface area contributed by atoms with Gasteiger partial charge in [0.2, 0.25) is 15.9 Å². The van der Waals surface area contributed by atoms with Crippen LogP contribution in [0.1, 0.15) is 13.8 Å². The Morgan fingerprint density at radius 1 is 1.22 bits per heavy atom. The van der Waals surface area contributed by atoms with E-state index in [4.69, 9.17) is 16.0 Å². The van der Waals surface area contributed by atoms with Gasteiger partial charge in [-0.15, -0.1) is 0 Å². The van der Waals surface area contributed by atoms with Crippen molar-refractivity contribution in [3.63, 3.8) is 0 Å². The van der Waals surface area contributed by atoms with Gasteiger partial charge in [-0.1, -0.05) is 25.4 Å². The number of carbonyl (C=O) groups is 1. The molecule has 0 fully saturated rings. The lowest BCUT2D eigenvalue weighted by Crippen LogP contribution is -2.30. The number of nitro benzene ring substituents is 1. The van der Waals surface area contributed by atoms with Gasteiger partial charge in [0.25, 0.3) is 5.69 Å². The Kier molecular flexibility index (Phi) is 6.67. The summed E-state index contributed by atoms with van der Waals surface area (Å²) in [6.07, 6.45) is 0. The molecular formula is C19H19ClN4O7S. The minimum atomic E-state index is -3.77. The van der Waals surface area contributed by atoms with Crippen molar-refractivity contribution in [2.75, 3.05) is 18.4 Å². The molecule has 3 aromatic rings. The highest BCUT2D eigenvalue weighted by molar-refractivity contribution is 7.89. The molecule has 0 atom stereocenters. The molecule has 1 aromatic heterocycles. The Morgan fingerprint density at radius 3 is 2.53 bits per heavy atom. The molecule has 0 aliphatic carbocycles. The summed E-state index contributed by atoms with van der Waals surface area (Å²) in [4.78, 5) is 34.9. The zero-order valence-corrected chi connectivity index (χ0v) is 18.6. The van der Waals surface area contributed by atoms with Gasteiger partial charge in [0.05, 0.1) is 32.1 Å². The SMILES string of the molecule is CCN(CC)S(=O)(=O)c1ccc(Cl)c(NC(=O)Cn2c(=O)oc3cc([N+](=O)[O-])ccc32)c1. The minimum Gasteiger partial charge on any atom is -0.407 e. The maximum Gasteiger partial charge on any atom is 0.420 e. The first-order chi connectivity index (χ1) is 15.1. The number of aromatic nitrogens is 1. The van der Waals surface area contributed by atoms with Gasteiger partial charge in [-0.3, -0.25) is 19.5 Å². The highest BCUT2D eigenvalue weighted by Crippen LogP contribution is 2.27. The number of oxazole rings is 1. The molecule has 32 heavy (non-hydrogen) atoms. The van der Waals surface area contributed by atoms with Crippen molar-refractivity contribution < 1.29 is 22.6 Å². The van der Waals surface area contributed by atoms with Gasteiger partial charge < -0.3 is 9.73 Å². The number of anilines is 1. The topological polar surface area (TPSA) is 145 Å². The fourth-order valence-corrected chi connectivity index (χ4v) is 4.77. The van der Waals surface area contributed by atoms with E-state index in [1.54, 1.807) is 13.8 Å². The molecule has 0 aliphatic heterocycles. The lowest BCUT2D eigenvalue weighted by molar-refractivity contribution is -0.384. The van der Waals surface area contributed by atoms with Crippen LogP contribution < -0.4 is 11.1 Å². The number of carbonyl (C=O) groups excluding carboxylic acids is 1. The number of non-ortho nitro benzene ring substituents is 1. The number of rotatable bonds is 8. The molecule has 13 heteroatoms. The first-order valence-electron chi connectivity index (χ1n) is 9.45. The Morgan fingerprint density at radius 2 is 1.91 bits per heavy atom. The highest BCUT2D eigenvalue weighted by Gasteiger charge is 2.23. The largest absolute Gasteiger partial charge is 0.420 e. The van der Waals surface area contributed by atoms with Crippen molar-refractivity contribution in [2.24, 2.45) is 0 Å². The second-order valence-corrected chi connectivity index (χ2v) is 8.99. The van der Waals surface area contributed by atoms with Crippen molar-refractivity contribution in [1.29, 1.82) is 0 Å². The molecule has 1 N–H and O–H groups in total. The molecule has 2 aromatic carbocycles. The highest BCUT2D eigenvalue weighted by atomic mass is 35.5. The number of amides is 1. The third-order valence-corrected chi connectivity index (χ3v) is 7.09. The lowest BCUT2D eigenvalue weighted by atomic mass is 10.3. The van der Waals surface area contributed by atoms with E-state index < -0.39 is 33.2 Å². The number of nitro groups is 1. The van der Waals surface area contributed by atoms with Gasteiger partial charge in [-0.05, 0) is 24.3 Å². The van der Waals surface area contributed by atoms with Gasteiger partial charge in [-0.25, -0.2) is 13.2 Å². The average Bonchev–Trinajstić information content (AvgIpc) is 3.04. The Bertz CT molecular complexity index is 1360. The molecule has 0 aliphatic rings. The van der Waals surface area contributed by atoms with Crippen LogP contribution in [0.5, 0.6) is 0 Å². The first-order valence-corrected chi connectivity index (χ1v) is 11.3. The normalized spacial score (nSPS) is 11.8. The van der Waals surface area contributed by atoms with E-state index >= 15 is 0 Å². The molecule has 0 saturated carbocycles. The standard InChI is InChI=1S/C19H19ClN4O7S/c1-3-22(4-2)32(29,30)13-6-7-14(20)15(10-13)21-18(25)11-23-16-8-5-12(24(27)28)9-17(16)31-19(23)26/h5-10H,3-4,11H2,1-2H3,(H,21,25). The van der Waals surface area contributed by atoms with Crippen molar-refractivity contribution in [3.8, 4) is 0 Å². The van der Waals surface area contributed by atoms with Gasteiger partial charge in [0, 0.05) is 19.2 Å². The van der Waals surface area contributed by atoms with Crippen LogP contribution >= 0.6 is 11.6 Å². The smallest absolute Gasteiger partial charge is 0.407 e. The van der Waals surface area contributed by atoms with E-state index in [0.29, 0.717) is 0 Å². The van der Waals surface area contributed by atoms with Crippen molar-refractivity contribution in [2.45, 2.75) is 25.3 Å². The number of nitrogens with zero attached hydrogens (tertiary/aromatic N) is 3. The maximum atomic E-state index is 12.7. The summed E-state index contributed by atoms with van der Waals surface area (Å²) < 4.78 is 32.7. The van der Waals surface area contributed by atoms with E-state index in [9.17, 15) is 28.1 Å². The third kappa shape index (κ3) is 4.52. The van der Waals surface area contributed by atoms with Crippen molar-refractivity contribution >= 4 is 50.0 Å². The Hall–Kier alpha value is -3.22. The van der Waals surface area contributed by atoms with Gasteiger partial charge in [0.15, 0.2) is 5.58 Å². The van der Waals surface area contributed by atoms with E-state index in [1.807, 2.05) is 0 Å². The molecule has 0 spiro atoms. The molecule has 3 rings (SSSR count). The van der Waals surface area contributed by atoms with E-state index in [1.165, 1.54) is 34.6 Å². The van der Waals surface area contributed by atoms with Crippen LogP contribution in [0.4, 0.5) is 11.4 Å². The van der Waals surface area contributed by atoms with E-state index in [-0.39, 0.29) is 45.5 Å². The van der Waals surface area contributed by atoms with Crippen LogP contribution in [-0.2, 0) is 21.4 Å². The summed E-state index contributed by atoms with van der Waals surface area (Å²) in [5, 5.41) is 13.5. The summed E-state index contributed by atoms with van der Waals surface area (Å²) in [5.74, 6) is -1.55. The Balaban J connectivity index is 1.88. The van der Waals surface area contributed by atoms with Gasteiger partial charge in [0.1, 0.15) is 6.54 Å². The van der Waals surface area contributed by atoms with Crippen LogP contribution in [0.15, 0.2) is 50.5 Å². The summed E-state index contributed by atoms with van der Waals surface area (Å²) in [6.45, 7) is 3.49. The number of benzene rings is 2. The van der Waals surface area contributed by atoms with Crippen molar-refractivity contribution in [3.05, 3.63) is 62.1 Å². The summed E-state index contributed by atoms with van der Waals surface area (Å²) in [6, 6.07) is 7.51. The average molecular weight is 483 g/mol. The van der Waals surface area contributed by atoms with Crippen LogP contribution in [-0.4, -0.2) is 41.2 Å². The predicted molar refractivity (Wildman–Crippen MR) is 117 cm³/mol. The number of nitrogens with one attached hydrogen (secondary N) is 1. The van der Waals surface area contributed by atoms with E-state index in [2.05, 4.69) is 5.32 Å². The number of sulfonamides is 1. The number of hydrogen-bond acceptors (Lipinski definition) is 7. The molecule has 1 amide bonds. The molecule has 11 nitrogen and oxygen atoms in total. The molecular weight excluding hydrogens is 464 g/mol. The number of halogens is 1. The lowest BCUT2D eigenvalue weighted by Gasteiger charge is -2.19. The molecule has 0 bridgehead atoms. The van der Waals surface area contributed by atoms with Gasteiger partial charge in [-0.2, -0.15) is 4.31 Å². The predicted octanol–water partition coefficient (Wildman–Crippen LogP) is 2.83. The fourth-order valence-electron chi connectivity index (χ4n) is 3.12. The van der Waals surface area contributed by atoms with Crippen LogP contribution in [0, 0.1) is 10.1 Å². The molecule has 0 saturated heterocycles. The third-order valence-electron chi connectivity index (χ3n) is 4.72. The Labute approximate surface area is 187 Å². The first kappa shape index (κ1) is 23.4. The monoisotopic (exact) mass is 482 g/mol. The zero-order chi connectivity index (χ0) is 23.6.